The van der Waals surface area contributed by atoms with Crippen LogP contribution in [0.3, 0.4) is 0 Å². The van der Waals surface area contributed by atoms with Crippen LogP contribution >= 0.6 is 0 Å². The first-order chi connectivity index (χ1) is 11.7. The minimum atomic E-state index is 1.01. The average molecular weight is 314 g/mol. The largest absolute Gasteiger partial charge is 0.0622 e. The van der Waals surface area contributed by atoms with Crippen molar-refractivity contribution in [2.45, 2.75) is 40.0 Å². The molecule has 0 bridgehead atoms. The van der Waals surface area contributed by atoms with Crippen LogP contribution in [0.4, 0.5) is 0 Å². The van der Waals surface area contributed by atoms with Crippen molar-refractivity contribution in [3.05, 3.63) is 106 Å². The van der Waals surface area contributed by atoms with Gasteiger partial charge < -0.3 is 0 Å². The summed E-state index contributed by atoms with van der Waals surface area (Å²) >= 11 is 0. The fraction of sp³-hybridized carbons (Fsp3) is 0.250. The molecule has 0 aliphatic rings. The first-order valence-electron chi connectivity index (χ1n) is 8.87. The molecule has 3 aromatic carbocycles. The molecule has 122 valence electrons. The van der Waals surface area contributed by atoms with E-state index in [2.05, 4.69) is 87.5 Å². The Hall–Kier alpha value is -2.34. The van der Waals surface area contributed by atoms with E-state index in [1.165, 1.54) is 38.9 Å². The van der Waals surface area contributed by atoms with Gasteiger partial charge in [0, 0.05) is 0 Å². The average Bonchev–Trinajstić information content (AvgIpc) is 2.61. The van der Waals surface area contributed by atoms with Gasteiger partial charge >= 0.3 is 0 Å². The minimum absolute atomic E-state index is 1.01. The van der Waals surface area contributed by atoms with Gasteiger partial charge in [-0.2, -0.15) is 0 Å². The Morgan fingerprint density at radius 3 is 1.92 bits per heavy atom. The van der Waals surface area contributed by atoms with Crippen molar-refractivity contribution >= 4 is 0 Å². The minimum Gasteiger partial charge on any atom is -0.0622 e. The van der Waals surface area contributed by atoms with E-state index in [4.69, 9.17) is 0 Å². The molecule has 0 heterocycles. The van der Waals surface area contributed by atoms with Crippen molar-refractivity contribution in [2.75, 3.05) is 0 Å². The molecule has 0 fully saturated rings. The van der Waals surface area contributed by atoms with Gasteiger partial charge in [0.15, 0.2) is 0 Å². The van der Waals surface area contributed by atoms with E-state index in [1.54, 1.807) is 0 Å². The van der Waals surface area contributed by atoms with Gasteiger partial charge in [-0.1, -0.05) is 79.2 Å². The second kappa shape index (κ2) is 7.49. The van der Waals surface area contributed by atoms with Crippen LogP contribution < -0.4 is 0 Å². The van der Waals surface area contributed by atoms with Crippen LogP contribution in [-0.2, 0) is 19.3 Å². The molecule has 0 N–H and O–H groups in total. The molecule has 0 radical (unpaired) electrons. The van der Waals surface area contributed by atoms with Gasteiger partial charge in [0.05, 0.1) is 0 Å². The lowest BCUT2D eigenvalue weighted by Gasteiger charge is -2.17. The molecule has 24 heavy (non-hydrogen) atoms. The Morgan fingerprint density at radius 2 is 1.25 bits per heavy atom. The van der Waals surface area contributed by atoms with Crippen molar-refractivity contribution in [3.63, 3.8) is 0 Å². The lowest BCUT2D eigenvalue weighted by atomic mass is 9.88. The predicted molar refractivity (Wildman–Crippen MR) is 104 cm³/mol. The molecule has 0 nitrogen and oxygen atoms in total. The van der Waals surface area contributed by atoms with Crippen LogP contribution in [0, 0.1) is 13.8 Å². The van der Waals surface area contributed by atoms with Gasteiger partial charge in [0.1, 0.15) is 0 Å². The highest BCUT2D eigenvalue weighted by atomic mass is 14.2. The highest BCUT2D eigenvalue weighted by molar-refractivity contribution is 5.45. The number of hydrogen-bond donors (Lipinski definition) is 0. The molecule has 0 aliphatic heterocycles. The van der Waals surface area contributed by atoms with Gasteiger partial charge in [0.2, 0.25) is 0 Å². The Morgan fingerprint density at radius 1 is 0.625 bits per heavy atom. The van der Waals surface area contributed by atoms with E-state index in [0.717, 1.165) is 19.3 Å². The lowest BCUT2D eigenvalue weighted by Crippen LogP contribution is -2.03. The van der Waals surface area contributed by atoms with Gasteiger partial charge in [-0.3, -0.25) is 0 Å². The van der Waals surface area contributed by atoms with E-state index in [9.17, 15) is 0 Å². The zero-order chi connectivity index (χ0) is 16.9. The molecule has 0 saturated carbocycles. The summed E-state index contributed by atoms with van der Waals surface area (Å²) in [6, 6.07) is 24.4. The fourth-order valence-corrected chi connectivity index (χ4v) is 3.38. The third-order valence-corrected chi connectivity index (χ3v) is 4.93. The number of hydrogen-bond acceptors (Lipinski definition) is 0. The summed E-state index contributed by atoms with van der Waals surface area (Å²) < 4.78 is 0. The molecule has 0 aliphatic carbocycles. The summed E-state index contributed by atoms with van der Waals surface area (Å²) in [6.45, 7) is 6.68. The molecule has 3 rings (SSSR count). The van der Waals surface area contributed by atoms with Crippen molar-refractivity contribution in [1.29, 1.82) is 0 Å². The summed E-state index contributed by atoms with van der Waals surface area (Å²) in [5, 5.41) is 0. The number of aryl methyl sites for hydroxylation is 2. The van der Waals surface area contributed by atoms with Crippen LogP contribution in [0.5, 0.6) is 0 Å². The standard InChI is InChI=1S/C24H26/c1-4-22-14-15-23(16-21-12-10-18(2)11-13-21)24(19(22)3)17-20-8-6-5-7-9-20/h5-15H,4,16-17H2,1-3H3. The smallest absolute Gasteiger partial charge is 0.00202 e. The molecule has 0 spiro atoms. The van der Waals surface area contributed by atoms with E-state index < -0.39 is 0 Å². The Labute approximate surface area is 146 Å². The third kappa shape index (κ3) is 3.76. The zero-order valence-corrected chi connectivity index (χ0v) is 15.0. The monoisotopic (exact) mass is 314 g/mol. The number of benzene rings is 3. The summed E-state index contributed by atoms with van der Waals surface area (Å²) in [7, 11) is 0. The lowest BCUT2D eigenvalue weighted by molar-refractivity contribution is 1.02. The Kier molecular flexibility index (Phi) is 5.15. The van der Waals surface area contributed by atoms with E-state index in [-0.39, 0.29) is 0 Å². The van der Waals surface area contributed by atoms with E-state index in [0.29, 0.717) is 0 Å². The van der Waals surface area contributed by atoms with E-state index >= 15 is 0 Å². The van der Waals surface area contributed by atoms with Crippen LogP contribution in [0.2, 0.25) is 0 Å². The van der Waals surface area contributed by atoms with Crippen molar-refractivity contribution in [1.82, 2.24) is 0 Å². The fourth-order valence-electron chi connectivity index (χ4n) is 3.38. The number of rotatable bonds is 5. The highest BCUT2D eigenvalue weighted by Gasteiger charge is 2.11. The van der Waals surface area contributed by atoms with Gasteiger partial charge in [0.25, 0.3) is 0 Å². The topological polar surface area (TPSA) is 0 Å². The van der Waals surface area contributed by atoms with Gasteiger partial charge in [-0.05, 0) is 66.5 Å². The van der Waals surface area contributed by atoms with Crippen LogP contribution in [0.1, 0.15) is 45.9 Å². The molecule has 0 amide bonds. The second-order valence-electron chi connectivity index (χ2n) is 6.67. The molecule has 3 aromatic rings. The quantitative estimate of drug-likeness (QED) is 0.538. The maximum atomic E-state index is 2.34. The molecule has 0 unspecified atom stereocenters. The first-order valence-corrected chi connectivity index (χ1v) is 8.87. The molecule has 0 aromatic heterocycles. The van der Waals surface area contributed by atoms with Crippen LogP contribution in [-0.4, -0.2) is 0 Å². The Bertz CT molecular complexity index is 795. The Balaban J connectivity index is 1.98. The van der Waals surface area contributed by atoms with Crippen molar-refractivity contribution < 1.29 is 0 Å². The molecular weight excluding hydrogens is 288 g/mol. The summed E-state index contributed by atoms with van der Waals surface area (Å²) in [6.07, 6.45) is 3.12. The zero-order valence-electron chi connectivity index (χ0n) is 15.0. The second-order valence-corrected chi connectivity index (χ2v) is 6.67. The molecule has 0 atom stereocenters. The normalized spacial score (nSPS) is 10.8. The molecular formula is C24H26. The van der Waals surface area contributed by atoms with Crippen LogP contribution in [0.15, 0.2) is 66.7 Å². The van der Waals surface area contributed by atoms with Crippen molar-refractivity contribution in [3.8, 4) is 0 Å². The van der Waals surface area contributed by atoms with E-state index in [1.807, 2.05) is 0 Å². The molecule has 0 heteroatoms. The summed E-state index contributed by atoms with van der Waals surface area (Å²) in [5.41, 5.74) is 9.98. The summed E-state index contributed by atoms with van der Waals surface area (Å²) in [5.74, 6) is 0. The molecule has 0 saturated heterocycles. The maximum Gasteiger partial charge on any atom is -0.00202 e. The first kappa shape index (κ1) is 16.5. The van der Waals surface area contributed by atoms with Gasteiger partial charge in [-0.15, -0.1) is 0 Å². The van der Waals surface area contributed by atoms with Crippen molar-refractivity contribution in [2.24, 2.45) is 0 Å². The van der Waals surface area contributed by atoms with Gasteiger partial charge in [-0.25, -0.2) is 0 Å². The summed E-state index contributed by atoms with van der Waals surface area (Å²) in [4.78, 5) is 0. The SMILES string of the molecule is CCc1ccc(Cc2ccc(C)cc2)c(Cc2ccccc2)c1C. The van der Waals surface area contributed by atoms with Crippen LogP contribution in [0.25, 0.3) is 0 Å². The third-order valence-electron chi connectivity index (χ3n) is 4.93. The highest BCUT2D eigenvalue weighted by Crippen LogP contribution is 2.25. The predicted octanol–water partition coefficient (Wildman–Crippen LogP) is 6.05. The maximum absolute atomic E-state index is 2.34.